The average molecular weight is 400 g/mol. The van der Waals surface area contributed by atoms with Crippen LogP contribution in [-0.2, 0) is 12.8 Å². The number of aryl methyl sites for hydroxylation is 2. The first-order valence-electron chi connectivity index (χ1n) is 9.51. The lowest BCUT2D eigenvalue weighted by Crippen LogP contribution is -2.35. The summed E-state index contributed by atoms with van der Waals surface area (Å²) in [6.07, 6.45) is 2.33. The second kappa shape index (κ2) is 7.61. The van der Waals surface area contributed by atoms with Crippen molar-refractivity contribution < 1.29 is 19.4 Å². The summed E-state index contributed by atoms with van der Waals surface area (Å²) < 4.78 is 10.6. The maximum atomic E-state index is 13.1. The van der Waals surface area contributed by atoms with Crippen molar-refractivity contribution in [2.45, 2.75) is 31.8 Å². The zero-order chi connectivity index (χ0) is 19.8. The second-order valence-electron chi connectivity index (χ2n) is 7.37. The molecular formula is C23H24ClO4+. The summed E-state index contributed by atoms with van der Waals surface area (Å²) in [4.78, 5) is 13.1. The van der Waals surface area contributed by atoms with Crippen molar-refractivity contribution in [3.05, 3.63) is 64.2 Å². The first-order valence-corrected chi connectivity index (χ1v) is 9.89. The van der Waals surface area contributed by atoms with E-state index in [-0.39, 0.29) is 11.7 Å². The van der Waals surface area contributed by atoms with Crippen molar-refractivity contribution in [3.63, 3.8) is 0 Å². The van der Waals surface area contributed by atoms with Crippen molar-refractivity contribution in [3.8, 4) is 11.5 Å². The van der Waals surface area contributed by atoms with E-state index in [4.69, 9.17) is 26.2 Å². The molecule has 28 heavy (non-hydrogen) atoms. The summed E-state index contributed by atoms with van der Waals surface area (Å²) in [5, 5.41) is 9.47. The lowest BCUT2D eigenvalue weighted by atomic mass is 9.76. The standard InChI is InChI=1S/C23H23ClO4/c1-27-15-5-9-17-13(11-15)3-7-19(21(17)24)23(26)20-8-4-14-12-16(28-2)6-10-18(14)22(20)25/h5-6,9-12,20,23,26H,3-4,7-8H2,1-2H3/p+1. The van der Waals surface area contributed by atoms with E-state index in [2.05, 4.69) is 0 Å². The molecule has 2 N–H and O–H groups in total. The Morgan fingerprint density at radius 2 is 1.57 bits per heavy atom. The molecule has 0 aromatic heterocycles. The van der Waals surface area contributed by atoms with Gasteiger partial charge in [0.2, 0.25) is 0 Å². The maximum absolute atomic E-state index is 13.1. The smallest absolute Gasteiger partial charge is 0.187 e. The lowest BCUT2D eigenvalue weighted by Gasteiger charge is -2.29. The molecule has 2 aliphatic carbocycles. The molecule has 2 unspecified atom stereocenters. The number of hydrogen-bond donors (Lipinski definition) is 0. The van der Waals surface area contributed by atoms with Crippen LogP contribution >= 0.6 is 11.6 Å². The van der Waals surface area contributed by atoms with Gasteiger partial charge in [0.05, 0.1) is 25.2 Å². The molecule has 0 saturated heterocycles. The molecular weight excluding hydrogens is 376 g/mol. The van der Waals surface area contributed by atoms with Crippen LogP contribution in [0.3, 0.4) is 0 Å². The Hall–Kier alpha value is -2.30. The van der Waals surface area contributed by atoms with E-state index in [1.807, 2.05) is 36.4 Å². The van der Waals surface area contributed by atoms with Crippen LogP contribution in [0.4, 0.5) is 0 Å². The van der Waals surface area contributed by atoms with Gasteiger partial charge >= 0.3 is 0 Å². The van der Waals surface area contributed by atoms with Crippen LogP contribution in [0.2, 0.25) is 0 Å². The summed E-state index contributed by atoms with van der Waals surface area (Å²) in [6.45, 7) is 0. The minimum absolute atomic E-state index is 0.0430. The van der Waals surface area contributed by atoms with Gasteiger partial charge in [-0.25, -0.2) is 0 Å². The summed E-state index contributed by atoms with van der Waals surface area (Å²) in [5.74, 6) is 1.26. The monoisotopic (exact) mass is 399 g/mol. The third kappa shape index (κ3) is 3.21. The van der Waals surface area contributed by atoms with Crippen molar-refractivity contribution in [1.82, 2.24) is 0 Å². The number of carbonyl (C=O) groups excluding carboxylic acids is 1. The number of halogens is 1. The molecule has 4 nitrogen and oxygen atoms in total. The highest BCUT2D eigenvalue weighted by molar-refractivity contribution is 6.49. The molecule has 2 atom stereocenters. The zero-order valence-electron chi connectivity index (χ0n) is 16.0. The minimum Gasteiger partial charge on any atom is -0.497 e. The van der Waals surface area contributed by atoms with Gasteiger partial charge in [-0.05, 0) is 78.8 Å². The predicted octanol–water partition coefficient (Wildman–Crippen LogP) is 4.14. The van der Waals surface area contributed by atoms with Crippen LogP contribution < -0.4 is 9.47 Å². The number of ketones is 1. The molecule has 146 valence electrons. The molecule has 0 bridgehead atoms. The van der Waals surface area contributed by atoms with Gasteiger partial charge < -0.3 is 14.6 Å². The molecule has 0 spiro atoms. The molecule has 5 heteroatoms. The molecule has 4 rings (SSSR count). The van der Waals surface area contributed by atoms with Gasteiger partial charge in [-0.3, -0.25) is 4.79 Å². The predicted molar refractivity (Wildman–Crippen MR) is 111 cm³/mol. The fourth-order valence-corrected chi connectivity index (χ4v) is 4.71. The molecule has 0 heterocycles. The Morgan fingerprint density at radius 3 is 2.21 bits per heavy atom. The van der Waals surface area contributed by atoms with Gasteiger partial charge in [-0.2, -0.15) is 0 Å². The number of hydrogen-bond acceptors (Lipinski definition) is 3. The number of benzene rings is 2. The SMILES string of the molecule is COc1ccc2c(c1)CCC(C([OH2+])C1=C(Cl)c3ccc(OC)cc3CC1)C2=O. The first-order chi connectivity index (χ1) is 13.5. The first kappa shape index (κ1) is 19.0. The van der Waals surface area contributed by atoms with E-state index in [9.17, 15) is 4.79 Å². The van der Waals surface area contributed by atoms with Gasteiger partial charge in [0.1, 0.15) is 11.5 Å². The Kier molecular flexibility index (Phi) is 5.17. The third-order valence-electron chi connectivity index (χ3n) is 5.91. The molecule has 2 aliphatic rings. The Bertz CT molecular complexity index is 963. The molecule has 0 radical (unpaired) electrons. The highest BCUT2D eigenvalue weighted by Crippen LogP contribution is 2.41. The number of carbonyl (C=O) groups is 1. The number of fused-ring (bicyclic) bond motifs is 2. The summed E-state index contributed by atoms with van der Waals surface area (Å²) in [6, 6.07) is 11.4. The third-order valence-corrected chi connectivity index (χ3v) is 6.36. The van der Waals surface area contributed by atoms with Gasteiger partial charge in [0.25, 0.3) is 0 Å². The summed E-state index contributed by atoms with van der Waals surface area (Å²) in [5.41, 5.74) is 4.68. The van der Waals surface area contributed by atoms with Crippen LogP contribution in [0.25, 0.3) is 5.03 Å². The fourth-order valence-electron chi connectivity index (χ4n) is 4.31. The number of ether oxygens (including phenoxy) is 2. The van der Waals surface area contributed by atoms with Crippen LogP contribution in [0.15, 0.2) is 42.0 Å². The zero-order valence-corrected chi connectivity index (χ0v) is 16.8. The van der Waals surface area contributed by atoms with Crippen molar-refractivity contribution in [1.29, 1.82) is 0 Å². The van der Waals surface area contributed by atoms with Crippen LogP contribution in [0.5, 0.6) is 11.5 Å². The molecule has 2 aromatic carbocycles. The Labute approximate surface area is 169 Å². The molecule has 0 fully saturated rings. The quantitative estimate of drug-likeness (QED) is 0.726. The van der Waals surface area contributed by atoms with Crippen molar-refractivity contribution >= 4 is 22.4 Å². The van der Waals surface area contributed by atoms with Gasteiger partial charge in [0, 0.05) is 11.1 Å². The number of rotatable bonds is 4. The summed E-state index contributed by atoms with van der Waals surface area (Å²) in [7, 11) is 3.27. The molecule has 2 aromatic rings. The van der Waals surface area contributed by atoms with Gasteiger partial charge in [-0.1, -0.05) is 11.6 Å². The summed E-state index contributed by atoms with van der Waals surface area (Å²) >= 11 is 6.70. The highest BCUT2D eigenvalue weighted by atomic mass is 35.5. The molecule has 0 saturated carbocycles. The highest BCUT2D eigenvalue weighted by Gasteiger charge is 2.39. The minimum atomic E-state index is -0.620. The van der Waals surface area contributed by atoms with Crippen LogP contribution in [0.1, 0.15) is 39.9 Å². The maximum Gasteiger partial charge on any atom is 0.187 e. The largest absolute Gasteiger partial charge is 0.497 e. The number of Topliss-reactive ketones (excluding diaryl/α,β-unsaturated/α-hetero) is 1. The van der Waals surface area contributed by atoms with Gasteiger partial charge in [0.15, 0.2) is 11.9 Å². The number of methoxy groups -OCH3 is 2. The van der Waals surface area contributed by atoms with E-state index in [1.165, 1.54) is 0 Å². The van der Waals surface area contributed by atoms with Crippen LogP contribution in [0, 0.1) is 5.92 Å². The van der Waals surface area contributed by atoms with Gasteiger partial charge in [-0.15, -0.1) is 0 Å². The normalized spacial score (nSPS) is 19.7. The van der Waals surface area contributed by atoms with Crippen molar-refractivity contribution in [2.75, 3.05) is 14.2 Å². The Morgan fingerprint density at radius 1 is 0.964 bits per heavy atom. The topological polar surface area (TPSA) is 58.4 Å². The molecule has 0 aliphatic heterocycles. The molecule has 0 amide bonds. The van der Waals surface area contributed by atoms with E-state index >= 15 is 0 Å². The second-order valence-corrected chi connectivity index (χ2v) is 7.75. The van der Waals surface area contributed by atoms with E-state index in [0.29, 0.717) is 23.4 Å². The van der Waals surface area contributed by atoms with E-state index in [1.54, 1.807) is 14.2 Å². The van der Waals surface area contributed by atoms with E-state index < -0.39 is 6.10 Å². The lowest BCUT2D eigenvalue weighted by molar-refractivity contribution is 0.0721. The van der Waals surface area contributed by atoms with Crippen LogP contribution in [-0.4, -0.2) is 31.2 Å². The fraction of sp³-hybridized carbons (Fsp3) is 0.348. The van der Waals surface area contributed by atoms with E-state index in [0.717, 1.165) is 46.6 Å². The van der Waals surface area contributed by atoms with Crippen molar-refractivity contribution in [2.24, 2.45) is 5.92 Å². The Balaban J connectivity index is 1.63. The average Bonchev–Trinajstić information content (AvgIpc) is 2.73.